The lowest BCUT2D eigenvalue weighted by molar-refractivity contribution is 0.0686. The lowest BCUT2D eigenvalue weighted by atomic mass is 10.2. The Hall–Kier alpha value is -2.27. The number of carboxylic acid groups (broad SMARTS) is 2. The van der Waals surface area contributed by atoms with Crippen molar-refractivity contribution in [2.45, 2.75) is 9.79 Å². The maximum Gasteiger partial charge on any atom is 0.335 e. The third-order valence-electron chi connectivity index (χ3n) is 2.44. The van der Waals surface area contributed by atoms with E-state index in [-0.39, 0.29) is 11.1 Å². The van der Waals surface area contributed by atoms with Crippen molar-refractivity contribution in [2.75, 3.05) is 0 Å². The minimum absolute atomic E-state index is 0.241. The van der Waals surface area contributed by atoms with Gasteiger partial charge in [0.05, 0.1) is 11.1 Å². The highest BCUT2D eigenvalue weighted by Gasteiger charge is 2.04. The van der Waals surface area contributed by atoms with Crippen LogP contribution in [0, 0.1) is 0 Å². The largest absolute Gasteiger partial charge is 0.478 e. The van der Waals surface area contributed by atoms with Crippen LogP contribution in [-0.2, 0) is 0 Å². The Morgan fingerprint density at radius 1 is 0.684 bits per heavy atom. The Balaban J connectivity index is 2.12. The zero-order valence-corrected chi connectivity index (χ0v) is 10.6. The summed E-state index contributed by atoms with van der Waals surface area (Å²) in [5, 5.41) is 17.6. The van der Waals surface area contributed by atoms with Crippen molar-refractivity contribution in [3.05, 3.63) is 59.7 Å². The second-order valence-electron chi connectivity index (χ2n) is 3.76. The Morgan fingerprint density at radius 3 is 1.26 bits per heavy atom. The van der Waals surface area contributed by atoms with Gasteiger partial charge in [0.1, 0.15) is 0 Å². The number of carboxylic acids is 2. The predicted octanol–water partition coefficient (Wildman–Crippen LogP) is 3.23. The topological polar surface area (TPSA) is 74.6 Å². The SMILES string of the molecule is O=C(O)c1ccc(Sc2ccc(C(=O)O)cc2)cc1. The van der Waals surface area contributed by atoms with E-state index in [0.29, 0.717) is 0 Å². The average molecular weight is 274 g/mol. The molecule has 0 spiro atoms. The van der Waals surface area contributed by atoms with Crippen LogP contribution in [0.2, 0.25) is 0 Å². The van der Waals surface area contributed by atoms with Gasteiger partial charge in [-0.25, -0.2) is 9.59 Å². The molecule has 0 aromatic heterocycles. The summed E-state index contributed by atoms with van der Waals surface area (Å²) in [5.41, 5.74) is 0.483. The van der Waals surface area contributed by atoms with Crippen LogP contribution < -0.4 is 0 Å². The van der Waals surface area contributed by atoms with Crippen molar-refractivity contribution in [2.24, 2.45) is 0 Å². The van der Waals surface area contributed by atoms with E-state index < -0.39 is 11.9 Å². The van der Waals surface area contributed by atoms with E-state index in [2.05, 4.69) is 0 Å². The summed E-state index contributed by atoms with van der Waals surface area (Å²) in [6, 6.07) is 13.0. The first kappa shape index (κ1) is 13.2. The summed E-state index contributed by atoms with van der Waals surface area (Å²) in [6.07, 6.45) is 0. The molecule has 0 saturated carbocycles. The quantitative estimate of drug-likeness (QED) is 0.895. The van der Waals surface area contributed by atoms with Crippen molar-refractivity contribution < 1.29 is 19.8 Å². The molecule has 2 N–H and O–H groups in total. The summed E-state index contributed by atoms with van der Waals surface area (Å²) >= 11 is 1.44. The minimum Gasteiger partial charge on any atom is -0.478 e. The second kappa shape index (κ2) is 5.58. The lowest BCUT2D eigenvalue weighted by Crippen LogP contribution is -1.95. The maximum absolute atomic E-state index is 10.7. The fourth-order valence-electron chi connectivity index (χ4n) is 1.47. The molecule has 96 valence electrons. The molecular weight excluding hydrogens is 264 g/mol. The van der Waals surface area contributed by atoms with Crippen LogP contribution in [0.5, 0.6) is 0 Å². The molecular formula is C14H10O4S. The van der Waals surface area contributed by atoms with Gasteiger partial charge in [-0.1, -0.05) is 11.8 Å². The molecule has 0 radical (unpaired) electrons. The van der Waals surface area contributed by atoms with E-state index in [1.54, 1.807) is 24.3 Å². The molecule has 4 nitrogen and oxygen atoms in total. The summed E-state index contributed by atoms with van der Waals surface area (Å²) in [6.45, 7) is 0. The Morgan fingerprint density at radius 2 is 1.00 bits per heavy atom. The highest BCUT2D eigenvalue weighted by Crippen LogP contribution is 2.27. The number of hydrogen-bond acceptors (Lipinski definition) is 3. The van der Waals surface area contributed by atoms with E-state index in [9.17, 15) is 9.59 Å². The highest BCUT2D eigenvalue weighted by molar-refractivity contribution is 7.99. The minimum atomic E-state index is -0.956. The summed E-state index contributed by atoms with van der Waals surface area (Å²) in [7, 11) is 0. The second-order valence-corrected chi connectivity index (χ2v) is 4.91. The summed E-state index contributed by atoms with van der Waals surface area (Å²) in [5.74, 6) is -1.91. The van der Waals surface area contributed by atoms with Gasteiger partial charge in [0.25, 0.3) is 0 Å². The molecule has 5 heteroatoms. The lowest BCUT2D eigenvalue weighted by Gasteiger charge is -2.03. The number of carbonyl (C=O) groups is 2. The first-order valence-corrected chi connectivity index (χ1v) is 6.22. The number of aromatic carboxylic acids is 2. The van der Waals surface area contributed by atoms with E-state index in [1.807, 2.05) is 0 Å². The molecule has 0 atom stereocenters. The normalized spacial score (nSPS) is 10.1. The van der Waals surface area contributed by atoms with Gasteiger partial charge in [-0.3, -0.25) is 0 Å². The fourth-order valence-corrected chi connectivity index (χ4v) is 2.28. The molecule has 0 bridgehead atoms. The maximum atomic E-state index is 10.7. The fraction of sp³-hybridized carbons (Fsp3) is 0. The smallest absolute Gasteiger partial charge is 0.335 e. The Labute approximate surface area is 113 Å². The zero-order chi connectivity index (χ0) is 13.8. The molecule has 19 heavy (non-hydrogen) atoms. The van der Waals surface area contributed by atoms with Gasteiger partial charge < -0.3 is 10.2 Å². The van der Waals surface area contributed by atoms with Crippen molar-refractivity contribution in [3.8, 4) is 0 Å². The molecule has 2 aromatic rings. The van der Waals surface area contributed by atoms with Gasteiger partial charge in [-0.05, 0) is 48.5 Å². The first-order chi connectivity index (χ1) is 9.06. The van der Waals surface area contributed by atoms with Crippen LogP contribution in [0.4, 0.5) is 0 Å². The van der Waals surface area contributed by atoms with Crippen molar-refractivity contribution in [1.29, 1.82) is 0 Å². The molecule has 0 fully saturated rings. The van der Waals surface area contributed by atoms with Gasteiger partial charge in [0.15, 0.2) is 0 Å². The molecule has 2 aromatic carbocycles. The van der Waals surface area contributed by atoms with Crippen LogP contribution >= 0.6 is 11.8 Å². The van der Waals surface area contributed by atoms with E-state index in [1.165, 1.54) is 36.0 Å². The molecule has 0 aliphatic carbocycles. The van der Waals surface area contributed by atoms with E-state index in [0.717, 1.165) is 9.79 Å². The van der Waals surface area contributed by atoms with Crippen molar-refractivity contribution >= 4 is 23.7 Å². The molecule has 0 unspecified atom stereocenters. The van der Waals surface area contributed by atoms with Gasteiger partial charge >= 0.3 is 11.9 Å². The third-order valence-corrected chi connectivity index (χ3v) is 3.45. The molecule has 0 aliphatic heterocycles. The molecule has 0 amide bonds. The molecule has 2 rings (SSSR count). The predicted molar refractivity (Wildman–Crippen MR) is 70.9 cm³/mol. The monoisotopic (exact) mass is 274 g/mol. The number of rotatable bonds is 4. The van der Waals surface area contributed by atoms with Crippen LogP contribution in [0.1, 0.15) is 20.7 Å². The van der Waals surface area contributed by atoms with Crippen LogP contribution in [0.25, 0.3) is 0 Å². The van der Waals surface area contributed by atoms with Gasteiger partial charge in [0.2, 0.25) is 0 Å². The van der Waals surface area contributed by atoms with Crippen LogP contribution in [-0.4, -0.2) is 22.2 Å². The molecule has 0 heterocycles. The first-order valence-electron chi connectivity index (χ1n) is 5.41. The zero-order valence-electron chi connectivity index (χ0n) is 9.74. The summed E-state index contributed by atoms with van der Waals surface area (Å²) < 4.78 is 0. The number of benzene rings is 2. The van der Waals surface area contributed by atoms with Gasteiger partial charge in [-0.15, -0.1) is 0 Å². The van der Waals surface area contributed by atoms with Crippen LogP contribution in [0.15, 0.2) is 58.3 Å². The van der Waals surface area contributed by atoms with E-state index >= 15 is 0 Å². The third kappa shape index (κ3) is 3.35. The average Bonchev–Trinajstić information content (AvgIpc) is 2.40. The van der Waals surface area contributed by atoms with Gasteiger partial charge in [0, 0.05) is 9.79 Å². The molecule has 0 saturated heterocycles. The van der Waals surface area contributed by atoms with Crippen molar-refractivity contribution in [3.63, 3.8) is 0 Å². The Kier molecular flexibility index (Phi) is 3.87. The molecule has 0 aliphatic rings. The summed E-state index contributed by atoms with van der Waals surface area (Å²) in [4.78, 5) is 23.2. The standard InChI is InChI=1S/C14H10O4S/c15-13(16)9-1-5-11(6-2-9)19-12-7-3-10(4-8-12)14(17)18/h1-8H,(H,15,16)(H,17,18). The van der Waals surface area contributed by atoms with Crippen LogP contribution in [0.3, 0.4) is 0 Å². The van der Waals surface area contributed by atoms with E-state index in [4.69, 9.17) is 10.2 Å². The Bertz CT molecular complexity index is 547. The number of hydrogen-bond donors (Lipinski definition) is 2. The van der Waals surface area contributed by atoms with Crippen molar-refractivity contribution in [1.82, 2.24) is 0 Å². The van der Waals surface area contributed by atoms with Gasteiger partial charge in [-0.2, -0.15) is 0 Å². The highest BCUT2D eigenvalue weighted by atomic mass is 32.2.